The quantitative estimate of drug-likeness (QED) is 0.584. The van der Waals surface area contributed by atoms with Crippen LogP contribution in [0.2, 0.25) is 0 Å². The molecule has 1 fully saturated rings. The van der Waals surface area contributed by atoms with Gasteiger partial charge in [0.15, 0.2) is 0 Å². The van der Waals surface area contributed by atoms with Gasteiger partial charge in [-0.1, -0.05) is 54.6 Å². The number of likely N-dealkylation sites (tertiary alicyclic amines) is 1. The molecule has 0 aliphatic carbocycles. The maximum Gasteiger partial charge on any atom is 0.326 e. The molecule has 0 aromatic heterocycles. The Bertz CT molecular complexity index is 1080. The fourth-order valence-electron chi connectivity index (χ4n) is 3.80. The molecule has 1 N–H and O–H groups in total. The minimum Gasteiger partial charge on any atom is -0.497 e. The van der Waals surface area contributed by atoms with Gasteiger partial charge in [0.25, 0.3) is 5.91 Å². The molecule has 0 saturated carbocycles. The summed E-state index contributed by atoms with van der Waals surface area (Å²) in [6, 6.07) is 23.1. The minimum absolute atomic E-state index is 0.333. The molecular weight excluding hydrogens is 394 g/mol. The van der Waals surface area contributed by atoms with Crippen LogP contribution in [0.5, 0.6) is 11.5 Å². The van der Waals surface area contributed by atoms with Crippen LogP contribution in [0.4, 0.5) is 0 Å². The van der Waals surface area contributed by atoms with Gasteiger partial charge in [0, 0.05) is 0 Å². The van der Waals surface area contributed by atoms with Crippen molar-refractivity contribution in [2.24, 2.45) is 0 Å². The molecule has 3 aromatic rings. The third-order valence-corrected chi connectivity index (χ3v) is 5.52. The molecule has 1 aliphatic heterocycles. The Balaban J connectivity index is 1.63. The van der Waals surface area contributed by atoms with Gasteiger partial charge in [-0.2, -0.15) is 0 Å². The van der Waals surface area contributed by atoms with Crippen LogP contribution in [-0.2, 0) is 9.59 Å². The second-order valence-corrected chi connectivity index (χ2v) is 7.41. The SMILES string of the molecule is COc1cccc(-c2ccc(C3C(Oc4ccccc4)C(=O)N3[C@@H](C)C(=O)O)cc2)c1. The maximum atomic E-state index is 12.8. The normalized spacial score (nSPS) is 18.8. The van der Waals surface area contributed by atoms with Crippen LogP contribution in [0.3, 0.4) is 0 Å². The van der Waals surface area contributed by atoms with Crippen LogP contribution in [0.25, 0.3) is 11.1 Å². The van der Waals surface area contributed by atoms with E-state index in [1.807, 2.05) is 66.7 Å². The third kappa shape index (κ3) is 3.97. The third-order valence-electron chi connectivity index (χ3n) is 5.52. The molecule has 6 heteroatoms. The number of rotatable bonds is 7. The summed E-state index contributed by atoms with van der Waals surface area (Å²) < 4.78 is 11.2. The number of carbonyl (C=O) groups is 2. The molecule has 4 rings (SSSR count). The summed E-state index contributed by atoms with van der Waals surface area (Å²) in [5, 5.41) is 9.47. The standard InChI is InChI=1S/C25H23NO5/c1-16(25(28)29)26-22(23(24(26)27)31-20-8-4-3-5-9-20)18-13-11-17(12-14-18)19-7-6-10-21(15-19)30-2/h3-16,22-23H,1-2H3,(H,28,29)/t16-,22?,23?/m0/s1. The Morgan fingerprint density at radius 2 is 1.61 bits per heavy atom. The van der Waals surface area contributed by atoms with E-state index in [1.54, 1.807) is 19.2 Å². The van der Waals surface area contributed by atoms with Gasteiger partial charge in [0.2, 0.25) is 6.10 Å². The highest BCUT2D eigenvalue weighted by Crippen LogP contribution is 2.40. The van der Waals surface area contributed by atoms with Crippen molar-refractivity contribution in [1.82, 2.24) is 4.90 Å². The first kappa shape index (κ1) is 20.5. The molecule has 3 atom stereocenters. The Labute approximate surface area is 180 Å². The van der Waals surface area contributed by atoms with Crippen LogP contribution in [-0.4, -0.2) is 41.1 Å². The summed E-state index contributed by atoms with van der Waals surface area (Å²) in [7, 11) is 1.63. The predicted octanol–water partition coefficient (Wildman–Crippen LogP) is 4.17. The van der Waals surface area contributed by atoms with Crippen LogP contribution in [0.1, 0.15) is 18.5 Å². The number of carbonyl (C=O) groups excluding carboxylic acids is 1. The molecule has 31 heavy (non-hydrogen) atoms. The van der Waals surface area contributed by atoms with Gasteiger partial charge in [-0.25, -0.2) is 4.79 Å². The lowest BCUT2D eigenvalue weighted by Crippen LogP contribution is -2.65. The van der Waals surface area contributed by atoms with E-state index in [4.69, 9.17) is 9.47 Å². The van der Waals surface area contributed by atoms with Crippen molar-refractivity contribution < 1.29 is 24.2 Å². The first-order valence-electron chi connectivity index (χ1n) is 10.0. The fraction of sp³-hybridized carbons (Fsp3) is 0.200. The highest BCUT2D eigenvalue weighted by molar-refractivity contribution is 5.93. The van der Waals surface area contributed by atoms with Crippen molar-refractivity contribution in [3.8, 4) is 22.6 Å². The van der Waals surface area contributed by atoms with Crippen LogP contribution in [0.15, 0.2) is 78.9 Å². The summed E-state index contributed by atoms with van der Waals surface area (Å²) in [6.07, 6.45) is -0.771. The average molecular weight is 417 g/mol. The number of β-lactam (4-membered cyclic amide) rings is 1. The van der Waals surface area contributed by atoms with Gasteiger partial charge in [-0.05, 0) is 47.9 Å². The summed E-state index contributed by atoms with van der Waals surface area (Å²) in [5.41, 5.74) is 2.82. The molecular formula is C25H23NO5. The molecule has 6 nitrogen and oxygen atoms in total. The molecule has 1 heterocycles. The zero-order chi connectivity index (χ0) is 22.0. The summed E-state index contributed by atoms with van der Waals surface area (Å²) in [6.45, 7) is 1.51. The zero-order valence-electron chi connectivity index (χ0n) is 17.3. The van der Waals surface area contributed by atoms with Gasteiger partial charge < -0.3 is 19.5 Å². The van der Waals surface area contributed by atoms with Gasteiger partial charge >= 0.3 is 5.97 Å². The van der Waals surface area contributed by atoms with E-state index in [9.17, 15) is 14.7 Å². The van der Waals surface area contributed by atoms with Gasteiger partial charge in [0.1, 0.15) is 23.6 Å². The number of amides is 1. The highest BCUT2D eigenvalue weighted by atomic mass is 16.5. The molecule has 158 valence electrons. The number of methoxy groups -OCH3 is 1. The van der Waals surface area contributed by atoms with E-state index < -0.39 is 24.2 Å². The lowest BCUT2D eigenvalue weighted by atomic mass is 9.87. The lowest BCUT2D eigenvalue weighted by molar-refractivity contribution is -0.175. The van der Waals surface area contributed by atoms with Crippen molar-refractivity contribution in [3.05, 3.63) is 84.4 Å². The van der Waals surface area contributed by atoms with E-state index in [0.717, 1.165) is 22.4 Å². The Morgan fingerprint density at radius 3 is 2.26 bits per heavy atom. The number of para-hydroxylation sites is 1. The van der Waals surface area contributed by atoms with Crippen molar-refractivity contribution in [2.45, 2.75) is 25.1 Å². The maximum absolute atomic E-state index is 12.8. The van der Waals surface area contributed by atoms with Crippen molar-refractivity contribution in [3.63, 3.8) is 0 Å². The number of carboxylic acids is 1. The molecule has 3 aromatic carbocycles. The van der Waals surface area contributed by atoms with E-state index in [0.29, 0.717) is 5.75 Å². The molecule has 1 aliphatic rings. The monoisotopic (exact) mass is 417 g/mol. The molecule has 1 saturated heterocycles. The lowest BCUT2D eigenvalue weighted by Gasteiger charge is -2.48. The average Bonchev–Trinajstić information content (AvgIpc) is 2.81. The second kappa shape index (κ2) is 8.52. The van der Waals surface area contributed by atoms with Crippen molar-refractivity contribution in [1.29, 1.82) is 0 Å². The minimum atomic E-state index is -1.05. The number of carboxylic acid groups (broad SMARTS) is 1. The molecule has 0 radical (unpaired) electrons. The highest BCUT2D eigenvalue weighted by Gasteiger charge is 2.53. The molecule has 0 bridgehead atoms. The number of nitrogens with zero attached hydrogens (tertiary/aromatic N) is 1. The zero-order valence-corrected chi connectivity index (χ0v) is 17.3. The summed E-state index contributed by atoms with van der Waals surface area (Å²) in [4.78, 5) is 25.7. The van der Waals surface area contributed by atoms with E-state index in [2.05, 4.69) is 0 Å². The van der Waals surface area contributed by atoms with Crippen molar-refractivity contribution in [2.75, 3.05) is 7.11 Å². The van der Waals surface area contributed by atoms with Crippen LogP contribution in [0, 0.1) is 0 Å². The van der Waals surface area contributed by atoms with Crippen molar-refractivity contribution >= 4 is 11.9 Å². The van der Waals surface area contributed by atoms with Gasteiger partial charge in [-0.3, -0.25) is 4.79 Å². The Kier molecular flexibility index (Phi) is 5.62. The topological polar surface area (TPSA) is 76.1 Å². The smallest absolute Gasteiger partial charge is 0.326 e. The number of aliphatic carboxylic acids is 1. The Hall–Kier alpha value is -3.80. The van der Waals surface area contributed by atoms with Gasteiger partial charge in [-0.15, -0.1) is 0 Å². The predicted molar refractivity (Wildman–Crippen MR) is 116 cm³/mol. The number of hydrogen-bond acceptors (Lipinski definition) is 4. The molecule has 2 unspecified atom stereocenters. The van der Waals surface area contributed by atoms with E-state index in [1.165, 1.54) is 11.8 Å². The van der Waals surface area contributed by atoms with E-state index in [-0.39, 0.29) is 5.91 Å². The van der Waals surface area contributed by atoms with E-state index >= 15 is 0 Å². The first-order chi connectivity index (χ1) is 15.0. The van der Waals surface area contributed by atoms with Crippen LogP contribution >= 0.6 is 0 Å². The molecule has 0 spiro atoms. The molecule has 1 amide bonds. The Morgan fingerprint density at radius 1 is 0.935 bits per heavy atom. The second-order valence-electron chi connectivity index (χ2n) is 7.41. The first-order valence-corrected chi connectivity index (χ1v) is 10.0. The fourth-order valence-corrected chi connectivity index (χ4v) is 3.80. The number of ether oxygens (including phenoxy) is 2. The number of hydrogen-bond donors (Lipinski definition) is 1. The number of benzene rings is 3. The summed E-state index contributed by atoms with van der Waals surface area (Å²) >= 11 is 0. The summed E-state index contributed by atoms with van der Waals surface area (Å²) in [5.74, 6) is -0.0458. The van der Waals surface area contributed by atoms with Crippen LogP contribution < -0.4 is 9.47 Å². The largest absolute Gasteiger partial charge is 0.497 e. The van der Waals surface area contributed by atoms with Gasteiger partial charge in [0.05, 0.1) is 7.11 Å².